The largest absolute Gasteiger partial charge is 0.378 e. The second-order valence-electron chi connectivity index (χ2n) is 3.38. The van der Waals surface area contributed by atoms with Crippen molar-refractivity contribution in [2.75, 3.05) is 33.4 Å². The zero-order valence-corrected chi connectivity index (χ0v) is 8.84. The summed E-state index contributed by atoms with van der Waals surface area (Å²) in [6.45, 7) is 2.04. The van der Waals surface area contributed by atoms with Gasteiger partial charge in [0.2, 0.25) is 11.8 Å². The van der Waals surface area contributed by atoms with E-state index in [1.165, 1.54) is 7.05 Å². The van der Waals surface area contributed by atoms with Crippen LogP contribution in [0, 0.1) is 0 Å². The fraction of sp³-hybridized carbons (Fsp3) is 0.778. The minimum Gasteiger partial charge on any atom is -0.378 e. The lowest BCUT2D eigenvalue weighted by atomic mass is 10.2. The van der Waals surface area contributed by atoms with E-state index < -0.39 is 0 Å². The fourth-order valence-electron chi connectivity index (χ4n) is 1.31. The molecule has 0 radical (unpaired) electrons. The quantitative estimate of drug-likeness (QED) is 0.518. The van der Waals surface area contributed by atoms with Crippen LogP contribution < -0.4 is 16.0 Å². The third kappa shape index (κ3) is 4.75. The molecule has 0 aromatic heterocycles. The first-order valence-electron chi connectivity index (χ1n) is 5.00. The molecule has 6 nitrogen and oxygen atoms in total. The molecule has 1 saturated heterocycles. The number of likely N-dealkylation sites (N-methyl/N-ethyl adjacent to an activating group) is 1. The average Bonchev–Trinajstić information content (AvgIpc) is 2.27. The molecule has 0 spiro atoms. The number of carbonyl (C=O) groups excluding carboxylic acids is 2. The van der Waals surface area contributed by atoms with Crippen molar-refractivity contribution in [1.29, 1.82) is 0 Å². The van der Waals surface area contributed by atoms with E-state index in [0.29, 0.717) is 19.6 Å². The molecule has 1 aliphatic rings. The molecule has 1 atom stereocenters. The van der Waals surface area contributed by atoms with Crippen molar-refractivity contribution in [3.63, 3.8) is 0 Å². The van der Waals surface area contributed by atoms with Crippen molar-refractivity contribution in [2.24, 2.45) is 0 Å². The predicted molar refractivity (Wildman–Crippen MR) is 54.3 cm³/mol. The van der Waals surface area contributed by atoms with Gasteiger partial charge in [0.1, 0.15) is 0 Å². The van der Waals surface area contributed by atoms with E-state index in [0.717, 1.165) is 6.54 Å². The number of hydrogen-bond donors (Lipinski definition) is 3. The molecule has 1 unspecified atom stereocenters. The Labute approximate surface area is 88.7 Å². The van der Waals surface area contributed by atoms with Crippen LogP contribution in [-0.2, 0) is 14.3 Å². The maximum Gasteiger partial charge on any atom is 0.239 e. The minimum atomic E-state index is -0.198. The number of ether oxygens (including phenoxy) is 1. The van der Waals surface area contributed by atoms with E-state index in [4.69, 9.17) is 4.74 Å². The van der Waals surface area contributed by atoms with Gasteiger partial charge in [-0.05, 0) is 0 Å². The highest BCUT2D eigenvalue weighted by molar-refractivity contribution is 5.84. The number of amides is 2. The molecule has 3 N–H and O–H groups in total. The topological polar surface area (TPSA) is 79.5 Å². The summed E-state index contributed by atoms with van der Waals surface area (Å²) >= 11 is 0. The Morgan fingerprint density at radius 3 is 2.87 bits per heavy atom. The third-order valence-electron chi connectivity index (χ3n) is 2.16. The molecule has 0 aromatic carbocycles. The number of carbonyl (C=O) groups is 2. The van der Waals surface area contributed by atoms with Gasteiger partial charge < -0.3 is 20.7 Å². The van der Waals surface area contributed by atoms with Gasteiger partial charge in [0, 0.05) is 26.1 Å². The third-order valence-corrected chi connectivity index (χ3v) is 2.16. The van der Waals surface area contributed by atoms with Gasteiger partial charge in [-0.25, -0.2) is 0 Å². The minimum absolute atomic E-state index is 0.0307. The van der Waals surface area contributed by atoms with E-state index >= 15 is 0 Å². The zero-order chi connectivity index (χ0) is 11.1. The molecule has 0 bridgehead atoms. The smallest absolute Gasteiger partial charge is 0.239 e. The Morgan fingerprint density at radius 1 is 1.47 bits per heavy atom. The Kier molecular flexibility index (Phi) is 5.06. The summed E-state index contributed by atoms with van der Waals surface area (Å²) < 4.78 is 5.21. The number of hydrogen-bond acceptors (Lipinski definition) is 4. The normalized spacial score (nSPS) is 20.7. The van der Waals surface area contributed by atoms with Crippen LogP contribution >= 0.6 is 0 Å². The summed E-state index contributed by atoms with van der Waals surface area (Å²) in [4.78, 5) is 22.2. The second-order valence-corrected chi connectivity index (χ2v) is 3.38. The summed E-state index contributed by atoms with van der Waals surface area (Å²) in [7, 11) is 1.53. The maximum absolute atomic E-state index is 11.3. The Balaban J connectivity index is 2.14. The molecule has 2 amide bonds. The van der Waals surface area contributed by atoms with Crippen LogP contribution in [0.5, 0.6) is 0 Å². The molecule has 1 rings (SSSR count). The molecule has 15 heavy (non-hydrogen) atoms. The molecule has 86 valence electrons. The SMILES string of the molecule is CNC(=O)CNC(=O)CC1COCCN1. The number of morpholine rings is 1. The maximum atomic E-state index is 11.3. The Hall–Kier alpha value is -1.14. The average molecular weight is 215 g/mol. The van der Waals surface area contributed by atoms with E-state index in [1.807, 2.05) is 0 Å². The lowest BCUT2D eigenvalue weighted by Gasteiger charge is -2.23. The summed E-state index contributed by atoms with van der Waals surface area (Å²) in [6, 6.07) is 0.0587. The fourth-order valence-corrected chi connectivity index (χ4v) is 1.31. The van der Waals surface area contributed by atoms with E-state index in [9.17, 15) is 9.59 Å². The van der Waals surface area contributed by atoms with Crippen LogP contribution in [0.15, 0.2) is 0 Å². The summed E-state index contributed by atoms with van der Waals surface area (Å²) in [5.41, 5.74) is 0. The van der Waals surface area contributed by atoms with Gasteiger partial charge in [0.15, 0.2) is 0 Å². The molecule has 6 heteroatoms. The van der Waals surface area contributed by atoms with E-state index in [1.54, 1.807) is 0 Å². The molecule has 0 aliphatic carbocycles. The van der Waals surface area contributed by atoms with Crippen LogP contribution in [0.25, 0.3) is 0 Å². The molecule has 0 saturated carbocycles. The molecule has 1 aliphatic heterocycles. The number of rotatable bonds is 4. The van der Waals surface area contributed by atoms with Gasteiger partial charge >= 0.3 is 0 Å². The van der Waals surface area contributed by atoms with Crippen molar-refractivity contribution in [2.45, 2.75) is 12.5 Å². The molecule has 1 heterocycles. The van der Waals surface area contributed by atoms with Crippen molar-refractivity contribution in [3.05, 3.63) is 0 Å². The Bertz CT molecular complexity index is 227. The van der Waals surface area contributed by atoms with Crippen LogP contribution in [-0.4, -0.2) is 51.2 Å². The molecular formula is C9H17N3O3. The van der Waals surface area contributed by atoms with E-state index in [2.05, 4.69) is 16.0 Å². The monoisotopic (exact) mass is 215 g/mol. The van der Waals surface area contributed by atoms with Gasteiger partial charge in [-0.1, -0.05) is 0 Å². The standard InChI is InChI=1S/C9H17N3O3/c1-10-9(14)5-12-8(13)4-7-6-15-3-2-11-7/h7,11H,2-6H2,1H3,(H,10,14)(H,12,13). The van der Waals surface area contributed by atoms with Gasteiger partial charge in [0.05, 0.1) is 19.8 Å². The highest BCUT2D eigenvalue weighted by atomic mass is 16.5. The van der Waals surface area contributed by atoms with E-state index in [-0.39, 0.29) is 24.4 Å². The van der Waals surface area contributed by atoms with Crippen LogP contribution in [0.4, 0.5) is 0 Å². The summed E-state index contributed by atoms with van der Waals surface area (Å²) in [5, 5.41) is 8.13. The first-order valence-corrected chi connectivity index (χ1v) is 5.00. The van der Waals surface area contributed by atoms with Crippen LogP contribution in [0.1, 0.15) is 6.42 Å². The van der Waals surface area contributed by atoms with Gasteiger partial charge in [-0.2, -0.15) is 0 Å². The zero-order valence-electron chi connectivity index (χ0n) is 8.84. The van der Waals surface area contributed by atoms with Crippen molar-refractivity contribution in [1.82, 2.24) is 16.0 Å². The lowest BCUT2D eigenvalue weighted by Crippen LogP contribution is -2.45. The summed E-state index contributed by atoms with van der Waals surface area (Å²) in [5.74, 6) is -0.335. The molecule has 1 fully saturated rings. The van der Waals surface area contributed by atoms with Crippen molar-refractivity contribution in [3.8, 4) is 0 Å². The second kappa shape index (κ2) is 6.36. The number of nitrogens with one attached hydrogen (secondary N) is 3. The first-order chi connectivity index (χ1) is 7.22. The van der Waals surface area contributed by atoms with Gasteiger partial charge in [0.25, 0.3) is 0 Å². The van der Waals surface area contributed by atoms with Crippen LogP contribution in [0.2, 0.25) is 0 Å². The van der Waals surface area contributed by atoms with Gasteiger partial charge in [-0.3, -0.25) is 9.59 Å². The first kappa shape index (κ1) is 11.9. The van der Waals surface area contributed by atoms with Crippen molar-refractivity contribution < 1.29 is 14.3 Å². The van der Waals surface area contributed by atoms with Gasteiger partial charge in [-0.15, -0.1) is 0 Å². The predicted octanol–water partition coefficient (Wildman–Crippen LogP) is -1.77. The van der Waals surface area contributed by atoms with Crippen molar-refractivity contribution >= 4 is 11.8 Å². The Morgan fingerprint density at radius 2 is 2.27 bits per heavy atom. The lowest BCUT2D eigenvalue weighted by molar-refractivity contribution is -0.126. The highest BCUT2D eigenvalue weighted by Gasteiger charge is 2.16. The summed E-state index contributed by atoms with van der Waals surface area (Å²) in [6.07, 6.45) is 0.344. The highest BCUT2D eigenvalue weighted by Crippen LogP contribution is 1.97. The molecular weight excluding hydrogens is 198 g/mol. The van der Waals surface area contributed by atoms with Crippen LogP contribution in [0.3, 0.4) is 0 Å². The molecule has 0 aromatic rings.